The van der Waals surface area contributed by atoms with Gasteiger partial charge in [0.25, 0.3) is 0 Å². The monoisotopic (exact) mass is 255 g/mol. The molecule has 0 aliphatic heterocycles. The number of hydrogen-bond acceptors (Lipinski definition) is 2. The van der Waals surface area contributed by atoms with Crippen LogP contribution in [0.3, 0.4) is 0 Å². The largest absolute Gasteiger partial charge is 0.506 e. The second kappa shape index (κ2) is 4.15. The van der Waals surface area contributed by atoms with Crippen LogP contribution in [0, 0.1) is 0 Å². The quantitative estimate of drug-likeness (QED) is 0.832. The summed E-state index contributed by atoms with van der Waals surface area (Å²) in [5.74, 6) is -0.157. The molecule has 0 unspecified atom stereocenters. The number of aromatic nitrogens is 1. The van der Waals surface area contributed by atoms with Crippen LogP contribution < -0.4 is 0 Å². The van der Waals surface area contributed by atoms with Gasteiger partial charge in [-0.15, -0.1) is 0 Å². The number of fused-ring (bicyclic) bond motifs is 1. The lowest BCUT2D eigenvalue weighted by atomic mass is 9.96. The Morgan fingerprint density at radius 2 is 1.89 bits per heavy atom. The third kappa shape index (κ3) is 2.00. The van der Waals surface area contributed by atoms with Crippen LogP contribution in [0.1, 0.15) is 30.9 Å². The summed E-state index contributed by atoms with van der Waals surface area (Å²) in [6.45, 7) is 3.63. The number of alkyl halides is 3. The lowest BCUT2D eigenvalue weighted by Gasteiger charge is -2.15. The van der Waals surface area contributed by atoms with Crippen molar-refractivity contribution < 1.29 is 18.3 Å². The molecule has 0 amide bonds. The molecule has 0 saturated carbocycles. The highest BCUT2D eigenvalue weighted by atomic mass is 19.4. The van der Waals surface area contributed by atoms with Crippen LogP contribution in [-0.4, -0.2) is 10.1 Å². The smallest absolute Gasteiger partial charge is 0.418 e. The minimum atomic E-state index is -4.45. The Kier molecular flexibility index (Phi) is 2.92. The minimum Gasteiger partial charge on any atom is -0.506 e. The van der Waals surface area contributed by atoms with Gasteiger partial charge in [-0.1, -0.05) is 26.0 Å². The van der Waals surface area contributed by atoms with Gasteiger partial charge < -0.3 is 5.11 Å². The molecule has 0 spiro atoms. The summed E-state index contributed by atoms with van der Waals surface area (Å²) < 4.78 is 38.5. The van der Waals surface area contributed by atoms with E-state index in [1.54, 1.807) is 6.07 Å². The predicted octanol–water partition coefficient (Wildman–Crippen LogP) is 4.08. The molecule has 0 fully saturated rings. The van der Waals surface area contributed by atoms with Gasteiger partial charge in [0.1, 0.15) is 5.75 Å². The Hall–Kier alpha value is -1.78. The van der Waals surface area contributed by atoms with E-state index in [1.807, 2.05) is 13.8 Å². The molecule has 0 radical (unpaired) electrons. The Bertz CT molecular complexity index is 591. The summed E-state index contributed by atoms with van der Waals surface area (Å²) in [7, 11) is 0. The number of aromatic hydroxyl groups is 1. The van der Waals surface area contributed by atoms with Gasteiger partial charge in [0, 0.05) is 10.9 Å². The molecule has 96 valence electrons. The maximum atomic E-state index is 12.8. The molecule has 2 rings (SSSR count). The zero-order valence-electron chi connectivity index (χ0n) is 9.92. The van der Waals surface area contributed by atoms with Gasteiger partial charge in [0.15, 0.2) is 0 Å². The average molecular weight is 255 g/mol. The molecule has 0 aliphatic carbocycles. The molecule has 1 aromatic heterocycles. The number of para-hydroxylation sites is 1. The van der Waals surface area contributed by atoms with Crippen molar-refractivity contribution in [3.8, 4) is 5.75 Å². The SMILES string of the molecule is CC(C)c1c(O)cnc2c(C(F)(F)F)cccc12. The van der Waals surface area contributed by atoms with Crippen molar-refractivity contribution in [1.29, 1.82) is 0 Å². The molecule has 2 nitrogen and oxygen atoms in total. The molecule has 1 heterocycles. The Balaban J connectivity index is 2.86. The predicted molar refractivity (Wildman–Crippen MR) is 62.5 cm³/mol. The third-order valence-corrected chi connectivity index (χ3v) is 2.80. The Labute approximate surface area is 102 Å². The topological polar surface area (TPSA) is 33.1 Å². The van der Waals surface area contributed by atoms with E-state index in [0.717, 1.165) is 12.3 Å². The zero-order chi connectivity index (χ0) is 13.5. The first-order valence-electron chi connectivity index (χ1n) is 5.50. The highest BCUT2D eigenvalue weighted by Crippen LogP contribution is 2.38. The molecular formula is C13H12F3NO. The fraction of sp³-hybridized carbons (Fsp3) is 0.308. The second-order valence-corrected chi connectivity index (χ2v) is 4.41. The van der Waals surface area contributed by atoms with Gasteiger partial charge in [-0.2, -0.15) is 13.2 Å². The molecule has 1 aromatic carbocycles. The summed E-state index contributed by atoms with van der Waals surface area (Å²) in [5, 5.41) is 10.1. The van der Waals surface area contributed by atoms with Crippen molar-refractivity contribution >= 4 is 10.9 Å². The number of rotatable bonds is 1. The molecule has 0 bridgehead atoms. The number of halogens is 3. The van der Waals surface area contributed by atoms with Gasteiger partial charge in [0.05, 0.1) is 17.3 Å². The number of benzene rings is 1. The van der Waals surface area contributed by atoms with Gasteiger partial charge in [-0.05, 0) is 12.0 Å². The first kappa shape index (κ1) is 12.7. The number of hydrogen-bond donors (Lipinski definition) is 1. The van der Waals surface area contributed by atoms with Crippen LogP contribution >= 0.6 is 0 Å². The summed E-state index contributed by atoms with van der Waals surface area (Å²) in [4.78, 5) is 3.72. The van der Waals surface area contributed by atoms with E-state index >= 15 is 0 Å². The summed E-state index contributed by atoms with van der Waals surface area (Å²) in [5.41, 5.74) is -0.403. The van der Waals surface area contributed by atoms with Crippen LogP contribution in [0.4, 0.5) is 13.2 Å². The molecule has 0 aliphatic rings. The van der Waals surface area contributed by atoms with E-state index in [9.17, 15) is 18.3 Å². The maximum Gasteiger partial charge on any atom is 0.418 e. The lowest BCUT2D eigenvalue weighted by Crippen LogP contribution is -2.07. The highest BCUT2D eigenvalue weighted by molar-refractivity contribution is 5.87. The first-order chi connectivity index (χ1) is 8.32. The van der Waals surface area contributed by atoms with Gasteiger partial charge in [-0.3, -0.25) is 4.98 Å². The summed E-state index contributed by atoms with van der Waals surface area (Å²) >= 11 is 0. The van der Waals surface area contributed by atoms with Crippen molar-refractivity contribution in [2.75, 3.05) is 0 Å². The van der Waals surface area contributed by atoms with Gasteiger partial charge in [0.2, 0.25) is 0 Å². The van der Waals surface area contributed by atoms with E-state index in [0.29, 0.717) is 10.9 Å². The maximum absolute atomic E-state index is 12.8. The molecule has 1 N–H and O–H groups in total. The summed E-state index contributed by atoms with van der Waals surface area (Å²) in [6.07, 6.45) is -3.37. The average Bonchev–Trinajstić information content (AvgIpc) is 2.25. The van der Waals surface area contributed by atoms with Crippen LogP contribution in [0.5, 0.6) is 5.75 Å². The van der Waals surface area contributed by atoms with Crippen LogP contribution in [0.15, 0.2) is 24.4 Å². The standard InChI is InChI=1S/C13H12F3NO/c1-7(2)11-8-4-3-5-9(13(14,15)16)12(8)17-6-10(11)18/h3-7,18H,1-2H3. The molecule has 0 saturated heterocycles. The van der Waals surface area contributed by atoms with Crippen molar-refractivity contribution in [1.82, 2.24) is 4.98 Å². The molecule has 2 aromatic rings. The molecular weight excluding hydrogens is 243 g/mol. The van der Waals surface area contributed by atoms with E-state index < -0.39 is 11.7 Å². The van der Waals surface area contributed by atoms with Crippen LogP contribution in [0.25, 0.3) is 10.9 Å². The van der Waals surface area contributed by atoms with Crippen molar-refractivity contribution in [2.24, 2.45) is 0 Å². The number of pyridine rings is 1. The Morgan fingerprint density at radius 1 is 1.22 bits per heavy atom. The van der Waals surface area contributed by atoms with E-state index in [1.165, 1.54) is 6.07 Å². The van der Waals surface area contributed by atoms with Crippen LogP contribution in [0.2, 0.25) is 0 Å². The van der Waals surface area contributed by atoms with Gasteiger partial charge in [-0.25, -0.2) is 0 Å². The molecule has 0 atom stereocenters. The van der Waals surface area contributed by atoms with Crippen molar-refractivity contribution in [3.63, 3.8) is 0 Å². The first-order valence-corrected chi connectivity index (χ1v) is 5.50. The summed E-state index contributed by atoms with van der Waals surface area (Å²) in [6, 6.07) is 3.88. The van der Waals surface area contributed by atoms with E-state index in [2.05, 4.69) is 4.98 Å². The van der Waals surface area contributed by atoms with E-state index in [4.69, 9.17) is 0 Å². The fourth-order valence-corrected chi connectivity index (χ4v) is 2.07. The lowest BCUT2D eigenvalue weighted by molar-refractivity contribution is -0.136. The molecule has 18 heavy (non-hydrogen) atoms. The Morgan fingerprint density at radius 3 is 2.44 bits per heavy atom. The molecule has 5 heteroatoms. The third-order valence-electron chi connectivity index (χ3n) is 2.80. The second-order valence-electron chi connectivity index (χ2n) is 4.41. The minimum absolute atomic E-state index is 0.0724. The van der Waals surface area contributed by atoms with Crippen molar-refractivity contribution in [2.45, 2.75) is 25.9 Å². The van der Waals surface area contributed by atoms with Gasteiger partial charge >= 0.3 is 6.18 Å². The normalized spacial score (nSPS) is 12.3. The van der Waals surface area contributed by atoms with Crippen LogP contribution in [-0.2, 0) is 6.18 Å². The fourth-order valence-electron chi connectivity index (χ4n) is 2.07. The van der Waals surface area contributed by atoms with E-state index in [-0.39, 0.29) is 17.2 Å². The zero-order valence-corrected chi connectivity index (χ0v) is 9.92. The number of nitrogens with zero attached hydrogens (tertiary/aromatic N) is 1. The van der Waals surface area contributed by atoms with Crippen molar-refractivity contribution in [3.05, 3.63) is 35.5 Å². The highest BCUT2D eigenvalue weighted by Gasteiger charge is 2.33.